The summed E-state index contributed by atoms with van der Waals surface area (Å²) in [5, 5.41) is 4.38. The fourth-order valence-electron chi connectivity index (χ4n) is 1.73. The maximum atomic E-state index is 13.6. The van der Waals surface area contributed by atoms with Gasteiger partial charge in [0.1, 0.15) is 11.5 Å². The van der Waals surface area contributed by atoms with Gasteiger partial charge in [-0.1, -0.05) is 18.5 Å². The topological polar surface area (TPSA) is 34.9 Å². The summed E-state index contributed by atoms with van der Waals surface area (Å²) >= 11 is 5.78. The molecule has 0 N–H and O–H groups in total. The number of aromatic nitrogens is 2. The average Bonchev–Trinajstić information content (AvgIpc) is 2.80. The molecular weight excluding hydrogens is 255 g/mol. The molecule has 0 bridgehead atoms. The fourth-order valence-corrected chi connectivity index (χ4v) is 1.90. The van der Waals surface area contributed by atoms with Crippen LogP contribution in [0.2, 0.25) is 5.02 Å². The largest absolute Gasteiger partial charge is 0.287 e. The van der Waals surface area contributed by atoms with Gasteiger partial charge in [0, 0.05) is 17.8 Å². The van der Waals surface area contributed by atoms with Crippen molar-refractivity contribution in [1.82, 2.24) is 9.78 Å². The zero-order valence-corrected chi connectivity index (χ0v) is 10.6. The first kappa shape index (κ1) is 12.8. The summed E-state index contributed by atoms with van der Waals surface area (Å²) in [7, 11) is 0. The van der Waals surface area contributed by atoms with Crippen molar-refractivity contribution in [3.05, 3.63) is 52.6 Å². The molecule has 0 saturated heterocycles. The summed E-state index contributed by atoms with van der Waals surface area (Å²) in [5.74, 6) is -0.977. The first-order valence-corrected chi connectivity index (χ1v) is 6.03. The molecule has 18 heavy (non-hydrogen) atoms. The minimum absolute atomic E-state index is 0.0275. The van der Waals surface area contributed by atoms with Crippen molar-refractivity contribution in [3.8, 4) is 0 Å². The van der Waals surface area contributed by atoms with Gasteiger partial charge in [-0.3, -0.25) is 9.48 Å². The third-order valence-electron chi connectivity index (χ3n) is 2.56. The summed E-state index contributed by atoms with van der Waals surface area (Å²) in [6.45, 7) is 2.60. The molecule has 2 rings (SSSR count). The molecule has 94 valence electrons. The van der Waals surface area contributed by atoms with Crippen LogP contribution in [0.25, 0.3) is 0 Å². The lowest BCUT2D eigenvalue weighted by atomic mass is 10.1. The van der Waals surface area contributed by atoms with Crippen LogP contribution in [0.5, 0.6) is 0 Å². The van der Waals surface area contributed by atoms with Gasteiger partial charge >= 0.3 is 0 Å². The van der Waals surface area contributed by atoms with Crippen molar-refractivity contribution in [2.75, 3.05) is 0 Å². The van der Waals surface area contributed by atoms with Crippen molar-refractivity contribution >= 4 is 17.4 Å². The molecule has 0 aliphatic carbocycles. The summed E-state index contributed by atoms with van der Waals surface area (Å²) < 4.78 is 15.2. The molecule has 2 aromatic rings. The van der Waals surface area contributed by atoms with Gasteiger partial charge in [0.2, 0.25) is 5.78 Å². The molecule has 5 heteroatoms. The molecule has 3 nitrogen and oxygen atoms in total. The Morgan fingerprint density at radius 3 is 2.94 bits per heavy atom. The first-order valence-electron chi connectivity index (χ1n) is 5.65. The smallest absolute Gasteiger partial charge is 0.214 e. The molecular formula is C13H12ClFN2O. The van der Waals surface area contributed by atoms with E-state index in [-0.39, 0.29) is 5.56 Å². The minimum atomic E-state index is -0.575. The highest BCUT2D eigenvalue weighted by Crippen LogP contribution is 2.18. The number of rotatable bonds is 4. The van der Waals surface area contributed by atoms with Crippen LogP contribution in [0.3, 0.4) is 0 Å². The Kier molecular flexibility index (Phi) is 3.77. The van der Waals surface area contributed by atoms with E-state index in [1.165, 1.54) is 24.4 Å². The maximum Gasteiger partial charge on any atom is 0.214 e. The standard InChI is InChI=1S/C13H12ClFN2O/c1-2-7-17-12(5-6-16-17)13(18)10-8-9(14)3-4-11(10)15/h3-6,8H,2,7H2,1H3. The number of carbonyl (C=O) groups excluding carboxylic acids is 1. The van der Waals surface area contributed by atoms with Crippen LogP contribution in [-0.2, 0) is 6.54 Å². The van der Waals surface area contributed by atoms with E-state index in [9.17, 15) is 9.18 Å². The Labute approximate surface area is 109 Å². The molecule has 0 aliphatic rings. The fraction of sp³-hybridized carbons (Fsp3) is 0.231. The second-order valence-corrected chi connectivity index (χ2v) is 4.33. The van der Waals surface area contributed by atoms with Crippen molar-refractivity contribution < 1.29 is 9.18 Å². The molecule has 0 aliphatic heterocycles. The Balaban J connectivity index is 2.41. The van der Waals surface area contributed by atoms with Crippen LogP contribution in [-0.4, -0.2) is 15.6 Å². The zero-order chi connectivity index (χ0) is 13.1. The zero-order valence-electron chi connectivity index (χ0n) is 9.86. The van der Waals surface area contributed by atoms with E-state index in [0.29, 0.717) is 17.3 Å². The third kappa shape index (κ3) is 2.43. The Bertz CT molecular complexity index is 580. The van der Waals surface area contributed by atoms with Crippen LogP contribution >= 0.6 is 11.6 Å². The Hall–Kier alpha value is -1.68. The molecule has 1 heterocycles. The van der Waals surface area contributed by atoms with Gasteiger partial charge in [-0.25, -0.2) is 4.39 Å². The normalized spacial score (nSPS) is 10.6. The van der Waals surface area contributed by atoms with Gasteiger partial charge in [-0.15, -0.1) is 0 Å². The van der Waals surface area contributed by atoms with Crippen molar-refractivity contribution in [2.24, 2.45) is 0 Å². The molecule has 0 fully saturated rings. The molecule has 0 unspecified atom stereocenters. The van der Waals surface area contributed by atoms with Gasteiger partial charge in [0.15, 0.2) is 0 Å². The number of ketones is 1. The number of carbonyl (C=O) groups is 1. The SMILES string of the molecule is CCCn1nccc1C(=O)c1cc(Cl)ccc1F. The van der Waals surface area contributed by atoms with Gasteiger partial charge in [-0.05, 0) is 30.7 Å². The lowest BCUT2D eigenvalue weighted by Gasteiger charge is -2.06. The van der Waals surface area contributed by atoms with Crippen LogP contribution in [0.15, 0.2) is 30.5 Å². The van der Waals surface area contributed by atoms with Gasteiger partial charge < -0.3 is 0 Å². The van der Waals surface area contributed by atoms with Crippen LogP contribution in [0, 0.1) is 5.82 Å². The van der Waals surface area contributed by atoms with E-state index < -0.39 is 11.6 Å². The second-order valence-electron chi connectivity index (χ2n) is 3.89. The van der Waals surface area contributed by atoms with E-state index >= 15 is 0 Å². The van der Waals surface area contributed by atoms with Crippen LogP contribution < -0.4 is 0 Å². The molecule has 0 saturated carbocycles. The highest BCUT2D eigenvalue weighted by molar-refractivity contribution is 6.31. The number of hydrogen-bond donors (Lipinski definition) is 0. The van der Waals surface area contributed by atoms with E-state index in [1.54, 1.807) is 10.7 Å². The quantitative estimate of drug-likeness (QED) is 0.796. The molecule has 0 amide bonds. The number of nitrogens with zero attached hydrogens (tertiary/aromatic N) is 2. The highest BCUT2D eigenvalue weighted by atomic mass is 35.5. The summed E-state index contributed by atoms with van der Waals surface area (Å²) in [6, 6.07) is 5.52. The summed E-state index contributed by atoms with van der Waals surface area (Å²) in [5.41, 5.74) is 0.346. The maximum absolute atomic E-state index is 13.6. The monoisotopic (exact) mass is 266 g/mol. The summed E-state index contributed by atoms with van der Waals surface area (Å²) in [6.07, 6.45) is 2.38. The van der Waals surface area contributed by atoms with Crippen molar-refractivity contribution in [2.45, 2.75) is 19.9 Å². The first-order chi connectivity index (χ1) is 8.63. The summed E-state index contributed by atoms with van der Waals surface area (Å²) in [4.78, 5) is 12.2. The third-order valence-corrected chi connectivity index (χ3v) is 2.79. The molecule has 1 aromatic heterocycles. The lowest BCUT2D eigenvalue weighted by Crippen LogP contribution is -2.12. The molecule has 1 aromatic carbocycles. The number of benzene rings is 1. The Morgan fingerprint density at radius 1 is 1.44 bits per heavy atom. The van der Waals surface area contributed by atoms with Crippen LogP contribution in [0.4, 0.5) is 4.39 Å². The van der Waals surface area contributed by atoms with Crippen LogP contribution in [0.1, 0.15) is 29.4 Å². The van der Waals surface area contributed by atoms with Gasteiger partial charge in [0.05, 0.1) is 5.56 Å². The predicted molar refractivity (Wildman–Crippen MR) is 67.4 cm³/mol. The molecule has 0 atom stereocenters. The number of hydrogen-bond acceptors (Lipinski definition) is 2. The minimum Gasteiger partial charge on any atom is -0.287 e. The van der Waals surface area contributed by atoms with Crippen molar-refractivity contribution in [3.63, 3.8) is 0 Å². The van der Waals surface area contributed by atoms with E-state index in [2.05, 4.69) is 5.10 Å². The highest BCUT2D eigenvalue weighted by Gasteiger charge is 2.18. The van der Waals surface area contributed by atoms with Gasteiger partial charge in [0.25, 0.3) is 0 Å². The van der Waals surface area contributed by atoms with Gasteiger partial charge in [-0.2, -0.15) is 5.10 Å². The number of aryl methyl sites for hydroxylation is 1. The second kappa shape index (κ2) is 5.31. The van der Waals surface area contributed by atoms with E-state index in [1.807, 2.05) is 6.92 Å². The predicted octanol–water partition coefficient (Wildman–Crippen LogP) is 3.32. The average molecular weight is 267 g/mol. The van der Waals surface area contributed by atoms with Crippen molar-refractivity contribution in [1.29, 1.82) is 0 Å². The van der Waals surface area contributed by atoms with E-state index in [0.717, 1.165) is 6.42 Å². The molecule has 0 spiro atoms. The Morgan fingerprint density at radius 2 is 2.22 bits per heavy atom. The lowest BCUT2D eigenvalue weighted by molar-refractivity contribution is 0.102. The molecule has 0 radical (unpaired) electrons. The van der Waals surface area contributed by atoms with E-state index in [4.69, 9.17) is 11.6 Å². The number of halogens is 2.